The van der Waals surface area contributed by atoms with Crippen LogP contribution in [0.2, 0.25) is 0 Å². The molecule has 0 aliphatic carbocycles. The van der Waals surface area contributed by atoms with Gasteiger partial charge in [0.05, 0.1) is 24.1 Å². The molecule has 0 radical (unpaired) electrons. The van der Waals surface area contributed by atoms with Gasteiger partial charge in [-0.05, 0) is 61.4 Å². The molecule has 6 heteroatoms. The molecule has 34 heavy (non-hydrogen) atoms. The van der Waals surface area contributed by atoms with Crippen LogP contribution in [0.15, 0.2) is 42.6 Å². The second-order valence-electron chi connectivity index (χ2n) is 9.70. The predicted octanol–water partition coefficient (Wildman–Crippen LogP) is 5.81. The van der Waals surface area contributed by atoms with E-state index in [1.165, 1.54) is 0 Å². The van der Waals surface area contributed by atoms with Gasteiger partial charge in [-0.2, -0.15) is 0 Å². The fourth-order valence-corrected chi connectivity index (χ4v) is 4.85. The highest BCUT2D eigenvalue weighted by Crippen LogP contribution is 2.50. The number of fused-ring (bicyclic) bond motifs is 1. The molecular formula is C28H27NO5. The number of hydrogen-bond donors (Lipinski definition) is 2. The van der Waals surface area contributed by atoms with E-state index in [0.717, 1.165) is 28.3 Å². The van der Waals surface area contributed by atoms with E-state index in [4.69, 9.17) is 14.5 Å². The van der Waals surface area contributed by atoms with E-state index in [9.17, 15) is 15.0 Å². The summed E-state index contributed by atoms with van der Waals surface area (Å²) in [6.45, 7) is 8.24. The van der Waals surface area contributed by atoms with Gasteiger partial charge in [-0.15, -0.1) is 0 Å². The molecule has 3 aromatic carbocycles. The number of hydrogen-bond acceptors (Lipinski definition) is 5. The summed E-state index contributed by atoms with van der Waals surface area (Å²) >= 11 is 0. The van der Waals surface area contributed by atoms with Gasteiger partial charge in [0.1, 0.15) is 22.8 Å². The number of phenolic OH excluding ortho intramolecular Hbond substituents is 1. The Balaban J connectivity index is 2.00. The third-order valence-electron chi connectivity index (χ3n) is 6.21. The summed E-state index contributed by atoms with van der Waals surface area (Å²) in [4.78, 5) is 16.7. The molecule has 0 saturated heterocycles. The van der Waals surface area contributed by atoms with Crippen molar-refractivity contribution in [2.45, 2.75) is 46.1 Å². The maximum absolute atomic E-state index is 11.9. The molecule has 0 spiro atoms. The Morgan fingerprint density at radius 1 is 1.15 bits per heavy atom. The number of aliphatic carboxylic acids is 1. The Labute approximate surface area is 197 Å². The SMILES string of the molecule is Cc1c(CC(=O)O)c(-c2c(OC(C)(C)C)cc3c4c(ccnc24)CCO3)c2ccccc2c1O. The molecule has 5 rings (SSSR count). The van der Waals surface area contributed by atoms with Crippen molar-refractivity contribution in [3.05, 3.63) is 59.3 Å². The van der Waals surface area contributed by atoms with Crippen molar-refractivity contribution in [3.63, 3.8) is 0 Å². The van der Waals surface area contributed by atoms with E-state index in [-0.39, 0.29) is 12.2 Å². The minimum absolute atomic E-state index is 0.0907. The van der Waals surface area contributed by atoms with Crippen molar-refractivity contribution < 1.29 is 24.5 Å². The van der Waals surface area contributed by atoms with Crippen molar-refractivity contribution in [3.8, 4) is 28.4 Å². The molecule has 4 aromatic rings. The van der Waals surface area contributed by atoms with Crippen LogP contribution < -0.4 is 9.47 Å². The molecule has 6 nitrogen and oxygen atoms in total. The second kappa shape index (κ2) is 7.90. The van der Waals surface area contributed by atoms with Gasteiger partial charge in [-0.1, -0.05) is 24.3 Å². The first-order valence-electron chi connectivity index (χ1n) is 11.4. The number of carboxylic acid groups (broad SMARTS) is 1. The number of aromatic nitrogens is 1. The maximum Gasteiger partial charge on any atom is 0.307 e. The van der Waals surface area contributed by atoms with Gasteiger partial charge >= 0.3 is 5.97 Å². The maximum atomic E-state index is 11.9. The van der Waals surface area contributed by atoms with E-state index >= 15 is 0 Å². The number of ether oxygens (including phenoxy) is 2. The number of aromatic hydroxyl groups is 1. The average Bonchev–Trinajstić information content (AvgIpc) is 2.78. The number of carboxylic acids is 1. The molecule has 0 atom stereocenters. The summed E-state index contributed by atoms with van der Waals surface area (Å²) in [5.41, 5.74) is 3.84. The first kappa shape index (κ1) is 22.0. The molecule has 0 saturated carbocycles. The summed E-state index contributed by atoms with van der Waals surface area (Å²) < 4.78 is 12.5. The first-order chi connectivity index (χ1) is 16.2. The largest absolute Gasteiger partial charge is 0.507 e. The van der Waals surface area contributed by atoms with E-state index in [1.54, 1.807) is 13.1 Å². The quantitative estimate of drug-likeness (QED) is 0.402. The van der Waals surface area contributed by atoms with Crippen LogP contribution in [0.1, 0.15) is 37.5 Å². The number of nitrogens with zero attached hydrogens (tertiary/aromatic N) is 1. The standard InChI is InChI=1S/C28H27NO5/c1-15-19(13-22(30)31)24(17-7-5-6-8-18(17)27(15)32)25-21(34-28(2,3)4)14-20-23-16(10-12-33-20)9-11-29-26(23)25/h5-9,11,14,32H,10,12-13H2,1-4H3,(H,30,31). The van der Waals surface area contributed by atoms with Crippen molar-refractivity contribution in [1.82, 2.24) is 4.98 Å². The first-order valence-corrected chi connectivity index (χ1v) is 11.4. The summed E-state index contributed by atoms with van der Waals surface area (Å²) in [5.74, 6) is 0.402. The highest BCUT2D eigenvalue weighted by Gasteiger charge is 2.29. The monoisotopic (exact) mass is 457 g/mol. The number of carbonyl (C=O) groups is 1. The molecule has 1 aliphatic rings. The highest BCUT2D eigenvalue weighted by atomic mass is 16.5. The molecule has 0 bridgehead atoms. The fraction of sp³-hybridized carbons (Fsp3) is 0.286. The third kappa shape index (κ3) is 3.59. The summed E-state index contributed by atoms with van der Waals surface area (Å²) in [5, 5.41) is 23.1. The molecule has 0 fully saturated rings. The zero-order chi connectivity index (χ0) is 24.2. The van der Waals surface area contributed by atoms with Gasteiger partial charge in [0.25, 0.3) is 0 Å². The molecule has 0 unspecified atom stereocenters. The Morgan fingerprint density at radius 2 is 1.88 bits per heavy atom. The molecule has 1 aliphatic heterocycles. The summed E-state index contributed by atoms with van der Waals surface area (Å²) in [7, 11) is 0. The molecule has 2 N–H and O–H groups in total. The van der Waals surface area contributed by atoms with Gasteiger partial charge in [-0.25, -0.2) is 0 Å². The molecule has 2 heterocycles. The summed E-state index contributed by atoms with van der Waals surface area (Å²) in [6.07, 6.45) is 2.31. The van der Waals surface area contributed by atoms with E-state index in [0.29, 0.717) is 45.7 Å². The van der Waals surface area contributed by atoms with Crippen LogP contribution in [-0.4, -0.2) is 33.4 Å². The lowest BCUT2D eigenvalue weighted by atomic mass is 9.85. The lowest BCUT2D eigenvalue weighted by Crippen LogP contribution is -2.24. The van der Waals surface area contributed by atoms with E-state index in [2.05, 4.69) is 0 Å². The summed E-state index contributed by atoms with van der Waals surface area (Å²) in [6, 6.07) is 11.4. The van der Waals surface area contributed by atoms with Gasteiger partial charge < -0.3 is 19.7 Å². The van der Waals surface area contributed by atoms with Gasteiger partial charge in [0, 0.05) is 29.5 Å². The number of pyridine rings is 1. The molecule has 1 aromatic heterocycles. The van der Waals surface area contributed by atoms with Crippen LogP contribution in [0.4, 0.5) is 0 Å². The van der Waals surface area contributed by atoms with Gasteiger partial charge in [-0.3, -0.25) is 9.78 Å². The van der Waals surface area contributed by atoms with Crippen LogP contribution in [-0.2, 0) is 17.6 Å². The van der Waals surface area contributed by atoms with Crippen LogP contribution >= 0.6 is 0 Å². The smallest absolute Gasteiger partial charge is 0.307 e. The molecule has 174 valence electrons. The Kier molecular flexibility index (Phi) is 5.12. The lowest BCUT2D eigenvalue weighted by molar-refractivity contribution is -0.136. The lowest BCUT2D eigenvalue weighted by Gasteiger charge is -2.28. The van der Waals surface area contributed by atoms with Crippen molar-refractivity contribution in [1.29, 1.82) is 0 Å². The second-order valence-corrected chi connectivity index (χ2v) is 9.70. The minimum atomic E-state index is -0.976. The fourth-order valence-electron chi connectivity index (χ4n) is 4.85. The van der Waals surface area contributed by atoms with Gasteiger partial charge in [0.15, 0.2) is 0 Å². The normalized spacial score (nSPS) is 13.2. The van der Waals surface area contributed by atoms with Gasteiger partial charge in [0.2, 0.25) is 0 Å². The predicted molar refractivity (Wildman–Crippen MR) is 132 cm³/mol. The average molecular weight is 458 g/mol. The van der Waals surface area contributed by atoms with E-state index in [1.807, 2.05) is 57.2 Å². The van der Waals surface area contributed by atoms with Crippen LogP contribution in [0.5, 0.6) is 17.2 Å². The van der Waals surface area contributed by atoms with Crippen molar-refractivity contribution in [2.75, 3.05) is 6.61 Å². The zero-order valence-corrected chi connectivity index (χ0v) is 19.7. The molecular weight excluding hydrogens is 430 g/mol. The molecule has 0 amide bonds. The van der Waals surface area contributed by atoms with Crippen molar-refractivity contribution in [2.24, 2.45) is 0 Å². The highest BCUT2D eigenvalue weighted by molar-refractivity contribution is 6.12. The number of benzene rings is 3. The Morgan fingerprint density at radius 3 is 2.59 bits per heavy atom. The van der Waals surface area contributed by atoms with Crippen LogP contribution in [0.3, 0.4) is 0 Å². The minimum Gasteiger partial charge on any atom is -0.507 e. The van der Waals surface area contributed by atoms with Crippen LogP contribution in [0, 0.1) is 6.92 Å². The Bertz CT molecular complexity index is 1470. The number of rotatable bonds is 4. The van der Waals surface area contributed by atoms with E-state index < -0.39 is 11.6 Å². The van der Waals surface area contributed by atoms with Crippen molar-refractivity contribution >= 4 is 27.6 Å². The topological polar surface area (TPSA) is 88.9 Å². The zero-order valence-electron chi connectivity index (χ0n) is 19.7. The number of phenols is 1. The van der Waals surface area contributed by atoms with Crippen LogP contribution in [0.25, 0.3) is 32.8 Å². The Hall–Kier alpha value is -3.80. The third-order valence-corrected chi connectivity index (χ3v) is 6.21.